The molecular formula is C47H30N4O. The Bertz CT molecular complexity index is 2890. The minimum absolute atomic E-state index is 0.661. The Morgan fingerprint density at radius 3 is 1.75 bits per heavy atom. The molecule has 0 spiro atoms. The van der Waals surface area contributed by atoms with E-state index < -0.39 is 0 Å². The van der Waals surface area contributed by atoms with Gasteiger partial charge in [-0.3, -0.25) is 4.57 Å². The number of para-hydroxylation sites is 3. The third kappa shape index (κ3) is 5.07. The number of hydrogen-bond donors (Lipinski definition) is 0. The summed E-state index contributed by atoms with van der Waals surface area (Å²) in [7, 11) is 0. The smallest absolute Gasteiger partial charge is 0.160 e. The van der Waals surface area contributed by atoms with Crippen LogP contribution in [-0.4, -0.2) is 19.5 Å². The Balaban J connectivity index is 1.23. The fraction of sp³-hybridized carbons (Fsp3) is 0. The second kappa shape index (κ2) is 12.3. The summed E-state index contributed by atoms with van der Waals surface area (Å²) in [5.74, 6) is 1.51. The molecule has 0 aliphatic heterocycles. The Morgan fingerprint density at radius 2 is 0.981 bits per heavy atom. The fourth-order valence-electron chi connectivity index (χ4n) is 7.25. The zero-order chi connectivity index (χ0) is 34.4. The molecule has 0 saturated heterocycles. The van der Waals surface area contributed by atoms with Gasteiger partial charge in [-0.1, -0.05) is 133 Å². The van der Waals surface area contributed by atoms with E-state index in [1.165, 1.54) is 0 Å². The molecule has 3 aromatic heterocycles. The molecule has 10 aromatic rings. The summed E-state index contributed by atoms with van der Waals surface area (Å²) >= 11 is 0. The number of nitrogens with zero attached hydrogens (tertiary/aromatic N) is 4. The quantitative estimate of drug-likeness (QED) is 0.177. The highest BCUT2D eigenvalue weighted by atomic mass is 16.3. The summed E-state index contributed by atoms with van der Waals surface area (Å²) in [6.07, 6.45) is 0. The summed E-state index contributed by atoms with van der Waals surface area (Å²) in [6, 6.07) is 62.4. The van der Waals surface area contributed by atoms with Gasteiger partial charge in [0.2, 0.25) is 0 Å². The molecular weight excluding hydrogens is 637 g/mol. The minimum Gasteiger partial charge on any atom is -0.456 e. The largest absolute Gasteiger partial charge is 0.456 e. The molecule has 0 fully saturated rings. The molecule has 0 aliphatic rings. The molecule has 0 unspecified atom stereocenters. The van der Waals surface area contributed by atoms with Gasteiger partial charge in [-0.05, 0) is 59.7 Å². The number of furan rings is 1. The van der Waals surface area contributed by atoms with Crippen LogP contribution in [0.1, 0.15) is 0 Å². The van der Waals surface area contributed by atoms with Crippen LogP contribution in [0.5, 0.6) is 0 Å². The molecule has 244 valence electrons. The van der Waals surface area contributed by atoms with Gasteiger partial charge in [0, 0.05) is 38.7 Å². The Kier molecular flexibility index (Phi) is 7.07. The monoisotopic (exact) mass is 666 g/mol. The highest BCUT2D eigenvalue weighted by molar-refractivity contribution is 6.17. The Morgan fingerprint density at radius 1 is 0.404 bits per heavy atom. The summed E-state index contributed by atoms with van der Waals surface area (Å²) in [6.45, 7) is 0. The fourth-order valence-corrected chi connectivity index (χ4v) is 7.25. The lowest BCUT2D eigenvalue weighted by Gasteiger charge is -2.12. The zero-order valence-corrected chi connectivity index (χ0v) is 28.0. The van der Waals surface area contributed by atoms with Crippen molar-refractivity contribution in [1.29, 1.82) is 0 Å². The van der Waals surface area contributed by atoms with Crippen LogP contribution in [0, 0.1) is 0 Å². The third-order valence-corrected chi connectivity index (χ3v) is 9.64. The van der Waals surface area contributed by atoms with Crippen molar-refractivity contribution in [3.63, 3.8) is 0 Å². The Labute approximate surface area is 300 Å². The van der Waals surface area contributed by atoms with E-state index in [4.69, 9.17) is 19.4 Å². The molecule has 0 atom stereocenters. The molecule has 52 heavy (non-hydrogen) atoms. The maximum Gasteiger partial charge on any atom is 0.160 e. The second-order valence-electron chi connectivity index (χ2n) is 12.8. The summed E-state index contributed by atoms with van der Waals surface area (Å²) in [5, 5.41) is 1.98. The average Bonchev–Trinajstić information content (AvgIpc) is 3.81. The van der Waals surface area contributed by atoms with Crippen molar-refractivity contribution in [2.45, 2.75) is 0 Å². The maximum atomic E-state index is 6.61. The van der Waals surface area contributed by atoms with Gasteiger partial charge in [-0.15, -0.1) is 0 Å². The molecule has 5 heteroatoms. The first kappa shape index (κ1) is 29.8. The van der Waals surface area contributed by atoms with Crippen LogP contribution < -0.4 is 0 Å². The van der Waals surface area contributed by atoms with Crippen LogP contribution in [0.25, 0.3) is 95.1 Å². The standard InChI is InChI=1S/C47H30N4O/c1-4-15-31(16-5-1)33-19-12-20-34(29-33)39-30-40(49-46(48-39)32-17-6-2-7-18-32)36-23-13-27-42-44(36)45-37(24-14-28-43(45)52-42)47-50-38-25-10-11-26-41(38)51(47)35-21-8-3-9-22-35/h1-30H. The summed E-state index contributed by atoms with van der Waals surface area (Å²) in [5.41, 5.74) is 12.5. The molecule has 5 nitrogen and oxygen atoms in total. The van der Waals surface area contributed by atoms with Crippen molar-refractivity contribution in [2.75, 3.05) is 0 Å². The number of rotatable bonds is 6. The lowest BCUT2D eigenvalue weighted by atomic mass is 9.98. The van der Waals surface area contributed by atoms with E-state index in [2.05, 4.69) is 126 Å². The van der Waals surface area contributed by atoms with Crippen LogP contribution in [0.15, 0.2) is 186 Å². The average molecular weight is 667 g/mol. The molecule has 0 radical (unpaired) electrons. The number of fused-ring (bicyclic) bond motifs is 4. The van der Waals surface area contributed by atoms with E-state index in [9.17, 15) is 0 Å². The lowest BCUT2D eigenvalue weighted by molar-refractivity contribution is 0.669. The summed E-state index contributed by atoms with van der Waals surface area (Å²) < 4.78 is 8.85. The van der Waals surface area contributed by atoms with Crippen LogP contribution in [0.3, 0.4) is 0 Å². The molecule has 10 rings (SSSR count). The van der Waals surface area contributed by atoms with Crippen LogP contribution in [0.2, 0.25) is 0 Å². The highest BCUT2D eigenvalue weighted by Crippen LogP contribution is 2.43. The van der Waals surface area contributed by atoms with Crippen molar-refractivity contribution < 1.29 is 4.42 Å². The van der Waals surface area contributed by atoms with E-state index in [0.29, 0.717) is 5.82 Å². The molecule has 0 amide bonds. The molecule has 0 N–H and O–H groups in total. The second-order valence-corrected chi connectivity index (χ2v) is 12.8. The SMILES string of the molecule is c1ccc(-c2cccc(-c3cc(-c4cccc5oc6cccc(-c7nc8ccccc8n7-c7ccccc7)c6c45)nc(-c4ccccc4)n3)c2)cc1. The van der Waals surface area contributed by atoms with E-state index >= 15 is 0 Å². The van der Waals surface area contributed by atoms with Crippen LogP contribution in [0.4, 0.5) is 0 Å². The minimum atomic E-state index is 0.661. The van der Waals surface area contributed by atoms with E-state index in [1.807, 2.05) is 60.7 Å². The van der Waals surface area contributed by atoms with Crippen molar-refractivity contribution in [3.05, 3.63) is 182 Å². The highest BCUT2D eigenvalue weighted by Gasteiger charge is 2.22. The van der Waals surface area contributed by atoms with Gasteiger partial charge in [-0.25, -0.2) is 15.0 Å². The van der Waals surface area contributed by atoms with Gasteiger partial charge < -0.3 is 4.42 Å². The third-order valence-electron chi connectivity index (χ3n) is 9.64. The van der Waals surface area contributed by atoms with Crippen molar-refractivity contribution in [3.8, 4) is 62.1 Å². The molecule has 0 bridgehead atoms. The van der Waals surface area contributed by atoms with Gasteiger partial charge in [-0.2, -0.15) is 0 Å². The van der Waals surface area contributed by atoms with Crippen molar-refractivity contribution in [1.82, 2.24) is 19.5 Å². The number of imidazole rings is 1. The van der Waals surface area contributed by atoms with Gasteiger partial charge >= 0.3 is 0 Å². The lowest BCUT2D eigenvalue weighted by Crippen LogP contribution is -1.98. The van der Waals surface area contributed by atoms with E-state index in [-0.39, 0.29) is 0 Å². The van der Waals surface area contributed by atoms with Crippen molar-refractivity contribution in [2.24, 2.45) is 0 Å². The number of benzene rings is 7. The van der Waals surface area contributed by atoms with Crippen molar-refractivity contribution >= 4 is 33.0 Å². The first-order chi connectivity index (χ1) is 25.8. The topological polar surface area (TPSA) is 56.7 Å². The van der Waals surface area contributed by atoms with E-state index in [1.54, 1.807) is 0 Å². The van der Waals surface area contributed by atoms with Crippen LogP contribution in [-0.2, 0) is 0 Å². The number of aromatic nitrogens is 4. The predicted octanol–water partition coefficient (Wildman–Crippen LogP) is 12.0. The number of hydrogen-bond acceptors (Lipinski definition) is 4. The normalized spacial score (nSPS) is 11.5. The maximum absolute atomic E-state index is 6.61. The van der Waals surface area contributed by atoms with E-state index in [0.717, 1.165) is 89.3 Å². The molecule has 0 saturated carbocycles. The van der Waals surface area contributed by atoms with Gasteiger partial charge in [0.25, 0.3) is 0 Å². The zero-order valence-electron chi connectivity index (χ0n) is 28.0. The molecule has 0 aliphatic carbocycles. The Hall–Kier alpha value is -7.11. The van der Waals surface area contributed by atoms with Crippen LogP contribution >= 0.6 is 0 Å². The first-order valence-corrected chi connectivity index (χ1v) is 17.4. The molecule has 3 heterocycles. The summed E-state index contributed by atoms with van der Waals surface area (Å²) in [4.78, 5) is 15.6. The van der Waals surface area contributed by atoms with Gasteiger partial charge in [0.15, 0.2) is 5.82 Å². The molecule has 7 aromatic carbocycles. The predicted molar refractivity (Wildman–Crippen MR) is 211 cm³/mol. The van der Waals surface area contributed by atoms with Gasteiger partial charge in [0.05, 0.1) is 22.4 Å². The first-order valence-electron chi connectivity index (χ1n) is 17.4. The van der Waals surface area contributed by atoms with Gasteiger partial charge in [0.1, 0.15) is 17.0 Å².